The van der Waals surface area contributed by atoms with Gasteiger partial charge in [-0.25, -0.2) is 5.10 Å². The molecular weight excluding hydrogens is 388 g/mol. The van der Waals surface area contributed by atoms with Gasteiger partial charge in [-0.05, 0) is 23.3 Å². The van der Waals surface area contributed by atoms with Crippen LogP contribution in [0.3, 0.4) is 0 Å². The number of carbonyl (C=O) groups excluding carboxylic acids is 1. The molecule has 0 spiro atoms. The fourth-order valence-electron chi connectivity index (χ4n) is 2.50. The summed E-state index contributed by atoms with van der Waals surface area (Å²) in [5.41, 5.74) is 7.04. The number of nitrogens with zero attached hydrogens (tertiary/aromatic N) is 2. The highest BCUT2D eigenvalue weighted by Gasteiger charge is 2.18. The number of aromatic amines is 1. The number of ether oxygens (including phenoxy) is 1. The highest BCUT2D eigenvalue weighted by Crippen LogP contribution is 2.25. The zero-order valence-corrected chi connectivity index (χ0v) is 15.3. The Morgan fingerprint density at radius 3 is 2.43 bits per heavy atom. The van der Waals surface area contributed by atoms with Gasteiger partial charge in [0.05, 0.1) is 11.8 Å². The molecule has 28 heavy (non-hydrogen) atoms. The number of rotatable bonds is 8. The molecule has 10 heteroatoms. The fraction of sp³-hybridized carbons (Fsp3) is 0.167. The van der Waals surface area contributed by atoms with Crippen molar-refractivity contribution in [2.75, 3.05) is 11.5 Å². The lowest BCUT2D eigenvalue weighted by Gasteiger charge is -2.20. The second-order valence-electron chi connectivity index (χ2n) is 5.65. The average molecular weight is 405 g/mol. The Balaban J connectivity index is 1.73. The van der Waals surface area contributed by atoms with Crippen LogP contribution in [0.15, 0.2) is 59.8 Å². The Morgan fingerprint density at radius 1 is 1.14 bits per heavy atom. The molecule has 0 saturated carbocycles. The molecule has 7 nitrogen and oxygen atoms in total. The quantitative estimate of drug-likeness (QED) is 0.498. The second kappa shape index (κ2) is 9.18. The van der Waals surface area contributed by atoms with E-state index in [0.717, 1.165) is 22.9 Å². The van der Waals surface area contributed by atoms with Gasteiger partial charge >= 0.3 is 6.61 Å². The Kier molecular flexibility index (Phi) is 6.43. The van der Waals surface area contributed by atoms with Crippen molar-refractivity contribution >= 4 is 23.6 Å². The molecule has 3 rings (SSSR count). The van der Waals surface area contributed by atoms with Crippen LogP contribution >= 0.6 is 11.8 Å². The second-order valence-corrected chi connectivity index (χ2v) is 6.59. The lowest BCUT2D eigenvalue weighted by atomic mass is 9.98. The minimum Gasteiger partial charge on any atom is -0.435 e. The molecule has 1 amide bonds. The standard InChI is InChI=1S/C18H17F2N5O2S/c19-16(20)27-13-8-6-12(7-9-13)15(11-4-2-1-3-5-11)22-14(26)10-28-18-23-17(21)24-25-18/h1-9,15-16H,10H2,(H,22,26)(H3,21,23,24,25)/t15-/m1/s1. The van der Waals surface area contributed by atoms with Gasteiger partial charge < -0.3 is 15.8 Å². The lowest BCUT2D eigenvalue weighted by molar-refractivity contribution is -0.119. The molecule has 1 aromatic heterocycles. The van der Waals surface area contributed by atoms with Crippen LogP contribution in [0.1, 0.15) is 17.2 Å². The van der Waals surface area contributed by atoms with Crippen LogP contribution in [0.4, 0.5) is 14.7 Å². The molecule has 146 valence electrons. The Morgan fingerprint density at radius 2 is 1.82 bits per heavy atom. The van der Waals surface area contributed by atoms with Gasteiger partial charge in [-0.2, -0.15) is 13.8 Å². The van der Waals surface area contributed by atoms with Gasteiger partial charge in [-0.15, -0.1) is 5.10 Å². The first kappa shape index (κ1) is 19.6. The molecule has 0 aliphatic carbocycles. The molecule has 0 aliphatic heterocycles. The van der Waals surface area contributed by atoms with Gasteiger partial charge in [0.2, 0.25) is 17.0 Å². The van der Waals surface area contributed by atoms with Gasteiger partial charge in [-0.3, -0.25) is 4.79 Å². The van der Waals surface area contributed by atoms with Crippen LogP contribution in [-0.2, 0) is 4.79 Å². The third-order valence-corrected chi connectivity index (χ3v) is 4.54. The summed E-state index contributed by atoms with van der Waals surface area (Å²) in [6, 6.07) is 15.0. The van der Waals surface area contributed by atoms with E-state index in [9.17, 15) is 13.6 Å². The third-order valence-electron chi connectivity index (χ3n) is 3.69. The molecule has 2 aromatic carbocycles. The van der Waals surface area contributed by atoms with Crippen LogP contribution in [0, 0.1) is 0 Å². The molecule has 0 radical (unpaired) electrons. The maximum absolute atomic E-state index is 12.4. The van der Waals surface area contributed by atoms with E-state index >= 15 is 0 Å². The molecule has 0 aliphatic rings. The third kappa shape index (κ3) is 5.43. The predicted molar refractivity (Wildman–Crippen MR) is 101 cm³/mol. The number of halogens is 2. The van der Waals surface area contributed by atoms with Crippen LogP contribution < -0.4 is 15.8 Å². The topological polar surface area (TPSA) is 106 Å². The summed E-state index contributed by atoms with van der Waals surface area (Å²) < 4.78 is 29.1. The van der Waals surface area contributed by atoms with Gasteiger partial charge in [-0.1, -0.05) is 54.2 Å². The smallest absolute Gasteiger partial charge is 0.387 e. The van der Waals surface area contributed by atoms with Crippen molar-refractivity contribution in [3.05, 3.63) is 65.7 Å². The van der Waals surface area contributed by atoms with Crippen molar-refractivity contribution in [1.82, 2.24) is 20.5 Å². The summed E-state index contributed by atoms with van der Waals surface area (Å²) in [6.07, 6.45) is 0. The molecular formula is C18H17F2N5O2S. The normalized spacial score (nSPS) is 12.0. The Bertz CT molecular complexity index is 906. The van der Waals surface area contributed by atoms with Crippen molar-refractivity contribution in [3.8, 4) is 5.75 Å². The first-order valence-corrected chi connectivity index (χ1v) is 9.19. The van der Waals surface area contributed by atoms with Gasteiger partial charge in [0.1, 0.15) is 5.75 Å². The number of thioether (sulfide) groups is 1. The molecule has 4 N–H and O–H groups in total. The number of benzene rings is 2. The fourth-order valence-corrected chi connectivity index (χ4v) is 3.12. The number of nitrogens with two attached hydrogens (primary N) is 1. The monoisotopic (exact) mass is 405 g/mol. The minimum absolute atomic E-state index is 0.0506. The Labute approximate surface area is 163 Å². The highest BCUT2D eigenvalue weighted by molar-refractivity contribution is 7.99. The summed E-state index contributed by atoms with van der Waals surface area (Å²) in [5.74, 6) is 0.0775. The van der Waals surface area contributed by atoms with Crippen LogP contribution in [-0.4, -0.2) is 33.5 Å². The minimum atomic E-state index is -2.89. The van der Waals surface area contributed by atoms with E-state index in [4.69, 9.17) is 5.73 Å². The van der Waals surface area contributed by atoms with Crippen LogP contribution in [0.25, 0.3) is 0 Å². The summed E-state index contributed by atoms with van der Waals surface area (Å²) >= 11 is 1.14. The van der Waals surface area contributed by atoms with Crippen molar-refractivity contribution in [1.29, 1.82) is 0 Å². The van der Waals surface area contributed by atoms with E-state index in [1.165, 1.54) is 12.1 Å². The molecule has 0 fully saturated rings. The summed E-state index contributed by atoms with van der Waals surface area (Å²) in [6.45, 7) is -2.89. The van der Waals surface area contributed by atoms with E-state index < -0.39 is 12.7 Å². The molecule has 1 atom stereocenters. The van der Waals surface area contributed by atoms with E-state index in [-0.39, 0.29) is 23.4 Å². The molecule has 0 bridgehead atoms. The van der Waals surface area contributed by atoms with Gasteiger partial charge in [0.15, 0.2) is 0 Å². The lowest BCUT2D eigenvalue weighted by Crippen LogP contribution is -2.30. The number of alkyl halides is 2. The van der Waals surface area contributed by atoms with E-state index in [2.05, 4.69) is 25.2 Å². The first-order chi connectivity index (χ1) is 13.5. The predicted octanol–water partition coefficient (Wildman–Crippen LogP) is 2.99. The van der Waals surface area contributed by atoms with E-state index in [1.807, 2.05) is 30.3 Å². The number of anilines is 1. The zero-order chi connectivity index (χ0) is 19.9. The molecule has 0 saturated heterocycles. The zero-order valence-electron chi connectivity index (χ0n) is 14.5. The van der Waals surface area contributed by atoms with E-state index in [0.29, 0.717) is 5.16 Å². The largest absolute Gasteiger partial charge is 0.435 e. The molecule has 1 heterocycles. The SMILES string of the molecule is Nc1nc(SCC(=O)N[C@H](c2ccccc2)c2ccc(OC(F)F)cc2)n[nH]1. The number of H-pyrrole nitrogens is 1. The van der Waals surface area contributed by atoms with Crippen molar-refractivity contribution in [2.45, 2.75) is 17.8 Å². The van der Waals surface area contributed by atoms with Crippen molar-refractivity contribution in [3.63, 3.8) is 0 Å². The number of hydrogen-bond donors (Lipinski definition) is 3. The van der Waals surface area contributed by atoms with Gasteiger partial charge in [0.25, 0.3) is 0 Å². The van der Waals surface area contributed by atoms with Crippen LogP contribution in [0.5, 0.6) is 5.75 Å². The number of carbonyl (C=O) groups is 1. The van der Waals surface area contributed by atoms with Gasteiger partial charge in [0, 0.05) is 0 Å². The summed E-state index contributed by atoms with van der Waals surface area (Å²) in [4.78, 5) is 16.4. The Hall–Kier alpha value is -3.14. The van der Waals surface area contributed by atoms with E-state index in [1.54, 1.807) is 12.1 Å². The first-order valence-electron chi connectivity index (χ1n) is 8.21. The molecule has 0 unspecified atom stereocenters. The highest BCUT2D eigenvalue weighted by atomic mass is 32.2. The number of nitrogens with one attached hydrogen (secondary N) is 2. The van der Waals surface area contributed by atoms with Crippen molar-refractivity contribution < 1.29 is 18.3 Å². The molecule has 3 aromatic rings. The summed E-state index contributed by atoms with van der Waals surface area (Å²) in [5, 5.41) is 9.68. The van der Waals surface area contributed by atoms with Crippen molar-refractivity contribution in [2.24, 2.45) is 0 Å². The maximum Gasteiger partial charge on any atom is 0.387 e. The number of amides is 1. The average Bonchev–Trinajstić information content (AvgIpc) is 3.11. The maximum atomic E-state index is 12.4. The summed E-state index contributed by atoms with van der Waals surface area (Å²) in [7, 11) is 0. The number of hydrogen-bond acceptors (Lipinski definition) is 6. The number of nitrogen functional groups attached to an aromatic ring is 1. The van der Waals surface area contributed by atoms with Crippen LogP contribution in [0.2, 0.25) is 0 Å². The number of aromatic nitrogens is 3.